The third-order valence-corrected chi connectivity index (χ3v) is 5.38. The summed E-state index contributed by atoms with van der Waals surface area (Å²) in [7, 11) is 0. The molecule has 1 unspecified atom stereocenters. The van der Waals surface area contributed by atoms with Gasteiger partial charge >= 0.3 is 6.03 Å². The van der Waals surface area contributed by atoms with Gasteiger partial charge in [-0.3, -0.25) is 15.2 Å². The second-order valence-corrected chi connectivity index (χ2v) is 7.44. The van der Waals surface area contributed by atoms with E-state index in [1.807, 2.05) is 32.0 Å². The molecular formula is C21H21N7O. The van der Waals surface area contributed by atoms with Crippen LogP contribution in [0.3, 0.4) is 0 Å². The maximum absolute atomic E-state index is 13.2. The third-order valence-electron chi connectivity index (χ3n) is 5.38. The normalized spacial score (nSPS) is 17.2. The zero-order valence-electron chi connectivity index (χ0n) is 16.3. The van der Waals surface area contributed by atoms with E-state index in [0.29, 0.717) is 11.8 Å². The Kier molecular flexibility index (Phi) is 4.12. The highest BCUT2D eigenvalue weighted by atomic mass is 16.2. The fourth-order valence-corrected chi connectivity index (χ4v) is 4.00. The van der Waals surface area contributed by atoms with Gasteiger partial charge in [-0.2, -0.15) is 0 Å². The summed E-state index contributed by atoms with van der Waals surface area (Å²) in [4.78, 5) is 34.8. The Bertz CT molecular complexity index is 1100. The number of hydrogen-bond donors (Lipinski definition) is 1. The van der Waals surface area contributed by atoms with Crippen LogP contribution >= 0.6 is 0 Å². The number of nitrogens with one attached hydrogen (secondary N) is 1. The average molecular weight is 387 g/mol. The molecule has 3 aromatic heterocycles. The first-order valence-corrected chi connectivity index (χ1v) is 9.67. The van der Waals surface area contributed by atoms with Gasteiger partial charge in [0, 0.05) is 42.4 Å². The van der Waals surface area contributed by atoms with E-state index in [9.17, 15) is 4.79 Å². The van der Waals surface area contributed by atoms with Gasteiger partial charge in [-0.05, 0) is 50.6 Å². The van der Waals surface area contributed by atoms with Crippen molar-refractivity contribution < 1.29 is 4.79 Å². The Hall–Kier alpha value is -3.55. The molecule has 1 N–H and O–H groups in total. The van der Waals surface area contributed by atoms with Crippen LogP contribution in [0.25, 0.3) is 11.3 Å². The van der Waals surface area contributed by atoms with Crippen LogP contribution in [0.1, 0.15) is 17.8 Å². The maximum Gasteiger partial charge on any atom is 0.330 e. The number of amides is 2. The fourth-order valence-electron chi connectivity index (χ4n) is 4.00. The number of nitrogens with zero attached hydrogens (tertiary/aromatic N) is 6. The van der Waals surface area contributed by atoms with Gasteiger partial charge in [-0.25, -0.2) is 19.7 Å². The molecule has 1 atom stereocenters. The molecule has 1 fully saturated rings. The van der Waals surface area contributed by atoms with Crippen molar-refractivity contribution >= 4 is 23.5 Å². The van der Waals surface area contributed by atoms with Gasteiger partial charge in [-0.15, -0.1) is 0 Å². The van der Waals surface area contributed by atoms with Gasteiger partial charge in [0.2, 0.25) is 5.95 Å². The van der Waals surface area contributed by atoms with Crippen LogP contribution in [-0.4, -0.2) is 45.1 Å². The van der Waals surface area contributed by atoms with Crippen molar-refractivity contribution in [2.75, 3.05) is 28.2 Å². The Balaban J connectivity index is 1.53. The minimum atomic E-state index is -0.251. The fraction of sp³-hybridized carbons (Fsp3) is 0.286. The lowest BCUT2D eigenvalue weighted by Gasteiger charge is -2.35. The number of aromatic nitrogens is 4. The molecule has 0 radical (unpaired) electrons. The van der Waals surface area contributed by atoms with Gasteiger partial charge in [0.05, 0.1) is 17.4 Å². The number of rotatable bonds is 2. The lowest BCUT2D eigenvalue weighted by molar-refractivity contribution is 0.254. The van der Waals surface area contributed by atoms with E-state index in [1.54, 1.807) is 23.4 Å². The van der Waals surface area contributed by atoms with Crippen LogP contribution in [0, 0.1) is 13.8 Å². The van der Waals surface area contributed by atoms with Crippen molar-refractivity contribution in [3.63, 3.8) is 0 Å². The number of carbonyl (C=O) groups excluding carboxylic acids is 1. The van der Waals surface area contributed by atoms with E-state index < -0.39 is 0 Å². The van der Waals surface area contributed by atoms with Gasteiger partial charge in [0.25, 0.3) is 0 Å². The van der Waals surface area contributed by atoms with E-state index in [-0.39, 0.29) is 12.1 Å². The summed E-state index contributed by atoms with van der Waals surface area (Å²) in [6, 6.07) is 9.62. The van der Waals surface area contributed by atoms with Crippen molar-refractivity contribution in [1.82, 2.24) is 19.9 Å². The second kappa shape index (κ2) is 6.80. The Morgan fingerprint density at radius 3 is 2.76 bits per heavy atom. The monoisotopic (exact) mass is 387 g/mol. The summed E-state index contributed by atoms with van der Waals surface area (Å²) in [5.41, 5.74) is 4.51. The summed E-state index contributed by atoms with van der Waals surface area (Å²) in [6.45, 7) is 5.55. The van der Waals surface area contributed by atoms with Gasteiger partial charge in [-0.1, -0.05) is 0 Å². The number of pyridine rings is 2. The van der Waals surface area contributed by atoms with Crippen LogP contribution in [0.4, 0.5) is 22.2 Å². The molecule has 2 bridgehead atoms. The van der Waals surface area contributed by atoms with E-state index in [1.165, 1.54) is 0 Å². The van der Waals surface area contributed by atoms with Crippen LogP contribution in [0.5, 0.6) is 0 Å². The van der Waals surface area contributed by atoms with Crippen LogP contribution in [-0.2, 0) is 0 Å². The van der Waals surface area contributed by atoms with Crippen LogP contribution < -0.4 is 15.1 Å². The molecule has 146 valence electrons. The molecule has 8 heteroatoms. The SMILES string of the molecule is Cc1cc(-c2ccc3c(n2)N(C(=O)Nc2nccc(C)n2)C2CCN3C2)ccn1. The lowest BCUT2D eigenvalue weighted by atomic mass is 10.1. The van der Waals surface area contributed by atoms with Crippen molar-refractivity contribution in [3.8, 4) is 11.3 Å². The predicted octanol–water partition coefficient (Wildman–Crippen LogP) is 3.18. The highest BCUT2D eigenvalue weighted by Gasteiger charge is 2.40. The Morgan fingerprint density at radius 2 is 1.93 bits per heavy atom. The summed E-state index contributed by atoms with van der Waals surface area (Å²) >= 11 is 0. The summed E-state index contributed by atoms with van der Waals surface area (Å²) in [5.74, 6) is 0.980. The van der Waals surface area contributed by atoms with Gasteiger partial charge in [0.15, 0.2) is 5.82 Å². The first-order valence-electron chi connectivity index (χ1n) is 9.67. The van der Waals surface area contributed by atoms with Crippen LogP contribution in [0.2, 0.25) is 0 Å². The average Bonchev–Trinajstić information content (AvgIpc) is 3.12. The molecule has 8 nitrogen and oxygen atoms in total. The minimum absolute atomic E-state index is 0.0780. The van der Waals surface area contributed by atoms with E-state index >= 15 is 0 Å². The van der Waals surface area contributed by atoms with E-state index in [0.717, 1.165) is 47.8 Å². The zero-order valence-corrected chi connectivity index (χ0v) is 16.3. The largest absolute Gasteiger partial charge is 0.366 e. The Labute approximate surface area is 168 Å². The molecule has 29 heavy (non-hydrogen) atoms. The summed E-state index contributed by atoms with van der Waals surface area (Å²) in [5, 5.41) is 2.84. The summed E-state index contributed by atoms with van der Waals surface area (Å²) in [6.07, 6.45) is 4.32. The summed E-state index contributed by atoms with van der Waals surface area (Å²) < 4.78 is 0. The lowest BCUT2D eigenvalue weighted by Crippen LogP contribution is -2.48. The number of fused-ring (bicyclic) bond motifs is 4. The molecule has 0 aliphatic carbocycles. The predicted molar refractivity (Wildman–Crippen MR) is 111 cm³/mol. The molecule has 0 saturated carbocycles. The molecule has 0 spiro atoms. The maximum atomic E-state index is 13.2. The minimum Gasteiger partial charge on any atom is -0.366 e. The topological polar surface area (TPSA) is 87.1 Å². The number of carbonyl (C=O) groups is 1. The molecule has 2 aliphatic heterocycles. The quantitative estimate of drug-likeness (QED) is 0.727. The van der Waals surface area contributed by atoms with Crippen molar-refractivity contribution in [2.45, 2.75) is 26.3 Å². The smallest absolute Gasteiger partial charge is 0.330 e. The van der Waals surface area contributed by atoms with E-state index in [2.05, 4.69) is 31.2 Å². The molecule has 2 amide bonds. The standard InChI is InChI=1S/C21H21N7O/c1-13-5-8-23-20(24-13)26-21(29)28-16-7-10-27(12-16)18-4-3-17(25-19(18)28)15-6-9-22-14(2)11-15/h3-6,8-9,11,16H,7,10,12H2,1-2H3,(H,23,24,26,29). The first kappa shape index (κ1) is 17.5. The molecule has 2 aliphatic rings. The molecule has 5 heterocycles. The number of anilines is 3. The number of urea groups is 1. The molecule has 3 aromatic rings. The molecule has 1 saturated heterocycles. The van der Waals surface area contributed by atoms with E-state index in [4.69, 9.17) is 4.98 Å². The number of hydrogen-bond acceptors (Lipinski definition) is 6. The van der Waals surface area contributed by atoms with Crippen molar-refractivity contribution in [3.05, 3.63) is 54.1 Å². The number of aryl methyl sites for hydroxylation is 2. The molecule has 0 aromatic carbocycles. The highest BCUT2D eigenvalue weighted by Crippen LogP contribution is 2.40. The molecule has 5 rings (SSSR count). The van der Waals surface area contributed by atoms with Gasteiger partial charge < -0.3 is 4.90 Å². The highest BCUT2D eigenvalue weighted by molar-refractivity contribution is 6.04. The zero-order chi connectivity index (χ0) is 20.0. The first-order chi connectivity index (χ1) is 14.1. The second-order valence-electron chi connectivity index (χ2n) is 7.44. The van der Waals surface area contributed by atoms with Crippen LogP contribution in [0.15, 0.2) is 42.7 Å². The third kappa shape index (κ3) is 3.16. The van der Waals surface area contributed by atoms with Gasteiger partial charge in [0.1, 0.15) is 0 Å². The van der Waals surface area contributed by atoms with Crippen molar-refractivity contribution in [2.24, 2.45) is 0 Å². The van der Waals surface area contributed by atoms with Crippen molar-refractivity contribution in [1.29, 1.82) is 0 Å². The Morgan fingerprint density at radius 1 is 1.07 bits per heavy atom. The molecular weight excluding hydrogens is 366 g/mol.